The standard InChI is InChI=1S/C9H13F6N/c10-8(11,12)5-16-7-3-1-2-6(4-7)9(13,14)15/h6-7,16H,1-5H2. The molecule has 0 aliphatic heterocycles. The van der Waals surface area contributed by atoms with E-state index in [4.69, 9.17) is 0 Å². The molecule has 0 amide bonds. The second kappa shape index (κ2) is 4.81. The van der Waals surface area contributed by atoms with Gasteiger partial charge in [0.2, 0.25) is 0 Å². The van der Waals surface area contributed by atoms with Crippen molar-refractivity contribution < 1.29 is 26.3 Å². The molecule has 0 spiro atoms. The summed E-state index contributed by atoms with van der Waals surface area (Å²) in [7, 11) is 0. The quantitative estimate of drug-likeness (QED) is 0.741. The average molecular weight is 249 g/mol. The molecule has 1 aliphatic rings. The number of hydrogen-bond donors (Lipinski definition) is 1. The third kappa shape index (κ3) is 4.59. The highest BCUT2D eigenvalue weighted by Gasteiger charge is 2.42. The van der Waals surface area contributed by atoms with Gasteiger partial charge in [-0.15, -0.1) is 0 Å². The molecule has 0 aromatic heterocycles. The van der Waals surface area contributed by atoms with E-state index in [1.54, 1.807) is 0 Å². The van der Waals surface area contributed by atoms with Gasteiger partial charge in [-0.25, -0.2) is 0 Å². The molecule has 0 aromatic carbocycles. The summed E-state index contributed by atoms with van der Waals surface area (Å²) in [5, 5.41) is 2.14. The predicted octanol–water partition coefficient (Wildman–Crippen LogP) is 3.26. The molecule has 1 rings (SSSR count). The van der Waals surface area contributed by atoms with E-state index in [9.17, 15) is 26.3 Å². The van der Waals surface area contributed by atoms with Gasteiger partial charge in [0.05, 0.1) is 12.5 Å². The Morgan fingerprint density at radius 1 is 1.00 bits per heavy atom. The first-order valence-corrected chi connectivity index (χ1v) is 5.05. The molecule has 7 heteroatoms. The van der Waals surface area contributed by atoms with Crippen LogP contribution in [0.25, 0.3) is 0 Å². The molecule has 0 saturated heterocycles. The van der Waals surface area contributed by atoms with Gasteiger partial charge in [0.1, 0.15) is 0 Å². The van der Waals surface area contributed by atoms with Crippen LogP contribution in [0.5, 0.6) is 0 Å². The van der Waals surface area contributed by atoms with Crippen LogP contribution in [0.2, 0.25) is 0 Å². The highest BCUT2D eigenvalue weighted by Crippen LogP contribution is 2.37. The lowest BCUT2D eigenvalue weighted by Gasteiger charge is -2.31. The highest BCUT2D eigenvalue weighted by molar-refractivity contribution is 4.82. The largest absolute Gasteiger partial charge is 0.401 e. The number of alkyl halides is 6. The Morgan fingerprint density at radius 3 is 2.12 bits per heavy atom. The van der Waals surface area contributed by atoms with Crippen molar-refractivity contribution >= 4 is 0 Å². The zero-order valence-corrected chi connectivity index (χ0v) is 8.46. The first-order chi connectivity index (χ1) is 7.18. The average Bonchev–Trinajstić information content (AvgIpc) is 2.13. The molecule has 16 heavy (non-hydrogen) atoms. The first kappa shape index (κ1) is 13.6. The Bertz CT molecular complexity index is 221. The Labute approximate surface area is 89.2 Å². The minimum atomic E-state index is -4.37. The number of halogens is 6. The van der Waals surface area contributed by atoms with Crippen LogP contribution in [0.15, 0.2) is 0 Å². The second-order valence-corrected chi connectivity index (χ2v) is 4.10. The molecule has 1 nitrogen and oxygen atoms in total. The van der Waals surface area contributed by atoms with Gasteiger partial charge in [0.15, 0.2) is 0 Å². The van der Waals surface area contributed by atoms with E-state index < -0.39 is 30.9 Å². The number of hydrogen-bond acceptors (Lipinski definition) is 1. The Balaban J connectivity index is 2.39. The fourth-order valence-electron chi connectivity index (χ4n) is 1.93. The molecule has 1 saturated carbocycles. The summed E-state index contributed by atoms with van der Waals surface area (Å²) in [4.78, 5) is 0. The van der Waals surface area contributed by atoms with E-state index in [-0.39, 0.29) is 12.8 Å². The highest BCUT2D eigenvalue weighted by atomic mass is 19.4. The van der Waals surface area contributed by atoms with Crippen LogP contribution in [-0.2, 0) is 0 Å². The summed E-state index contributed by atoms with van der Waals surface area (Å²) in [5.41, 5.74) is 0. The Kier molecular flexibility index (Phi) is 4.09. The van der Waals surface area contributed by atoms with Crippen LogP contribution in [0.3, 0.4) is 0 Å². The molecule has 0 radical (unpaired) electrons. The minimum Gasteiger partial charge on any atom is -0.306 e. The van der Waals surface area contributed by atoms with Gasteiger partial charge < -0.3 is 5.32 Å². The van der Waals surface area contributed by atoms with Gasteiger partial charge in [-0.3, -0.25) is 0 Å². The van der Waals surface area contributed by atoms with Crippen molar-refractivity contribution in [2.45, 2.75) is 44.1 Å². The summed E-state index contributed by atoms with van der Waals surface area (Å²) >= 11 is 0. The maximum absolute atomic E-state index is 12.3. The molecule has 96 valence electrons. The van der Waals surface area contributed by atoms with Crippen molar-refractivity contribution in [3.63, 3.8) is 0 Å². The van der Waals surface area contributed by atoms with Crippen molar-refractivity contribution in [3.8, 4) is 0 Å². The van der Waals surface area contributed by atoms with Crippen LogP contribution < -0.4 is 5.32 Å². The first-order valence-electron chi connectivity index (χ1n) is 5.05. The summed E-state index contributed by atoms with van der Waals surface area (Å²) in [5.74, 6) is -1.47. The molecule has 0 heterocycles. The molecule has 1 fully saturated rings. The fourth-order valence-corrected chi connectivity index (χ4v) is 1.93. The number of nitrogens with one attached hydrogen (secondary N) is 1. The lowest BCUT2D eigenvalue weighted by atomic mass is 9.85. The monoisotopic (exact) mass is 249 g/mol. The zero-order valence-electron chi connectivity index (χ0n) is 8.46. The van der Waals surface area contributed by atoms with E-state index in [1.807, 2.05) is 0 Å². The Morgan fingerprint density at radius 2 is 1.62 bits per heavy atom. The van der Waals surface area contributed by atoms with Gasteiger partial charge in [-0.1, -0.05) is 6.42 Å². The zero-order chi connectivity index (χ0) is 12.4. The van der Waals surface area contributed by atoms with Crippen molar-refractivity contribution in [1.29, 1.82) is 0 Å². The van der Waals surface area contributed by atoms with Gasteiger partial charge >= 0.3 is 12.4 Å². The summed E-state index contributed by atoms with van der Waals surface area (Å²) < 4.78 is 72.6. The smallest absolute Gasteiger partial charge is 0.306 e. The van der Waals surface area contributed by atoms with Crippen LogP contribution in [-0.4, -0.2) is 24.9 Å². The molecule has 2 unspecified atom stereocenters. The maximum atomic E-state index is 12.3. The lowest BCUT2D eigenvalue weighted by Crippen LogP contribution is -2.42. The topological polar surface area (TPSA) is 12.0 Å². The minimum absolute atomic E-state index is 0.0215. The normalized spacial score (nSPS) is 28.1. The van der Waals surface area contributed by atoms with Gasteiger partial charge in [0.25, 0.3) is 0 Å². The predicted molar refractivity (Wildman–Crippen MR) is 45.9 cm³/mol. The van der Waals surface area contributed by atoms with Crippen LogP contribution in [0.4, 0.5) is 26.3 Å². The van der Waals surface area contributed by atoms with Gasteiger partial charge in [-0.05, 0) is 19.3 Å². The van der Waals surface area contributed by atoms with Crippen molar-refractivity contribution in [3.05, 3.63) is 0 Å². The molecule has 0 bridgehead atoms. The lowest BCUT2D eigenvalue weighted by molar-refractivity contribution is -0.184. The summed E-state index contributed by atoms with van der Waals surface area (Å²) in [6, 6.07) is -0.679. The van der Waals surface area contributed by atoms with E-state index in [1.165, 1.54) is 0 Å². The van der Waals surface area contributed by atoms with Crippen molar-refractivity contribution in [2.75, 3.05) is 6.54 Å². The third-order valence-electron chi connectivity index (χ3n) is 2.73. The van der Waals surface area contributed by atoms with E-state index in [0.717, 1.165) is 0 Å². The van der Waals surface area contributed by atoms with Crippen molar-refractivity contribution in [1.82, 2.24) is 5.32 Å². The summed E-state index contributed by atoms with van der Waals surface area (Å²) in [6.45, 7) is -1.22. The van der Waals surface area contributed by atoms with E-state index in [0.29, 0.717) is 12.8 Å². The third-order valence-corrected chi connectivity index (χ3v) is 2.73. The SMILES string of the molecule is FC(F)(F)CNC1CCCC(C(F)(F)F)C1. The van der Waals surface area contributed by atoms with Crippen LogP contribution >= 0.6 is 0 Å². The molecule has 2 atom stereocenters. The molecular formula is C9H13F6N. The van der Waals surface area contributed by atoms with Gasteiger partial charge in [-0.2, -0.15) is 26.3 Å². The van der Waals surface area contributed by atoms with Crippen molar-refractivity contribution in [2.24, 2.45) is 5.92 Å². The van der Waals surface area contributed by atoms with E-state index >= 15 is 0 Å². The Hall–Kier alpha value is -0.460. The van der Waals surface area contributed by atoms with Crippen LogP contribution in [0, 0.1) is 5.92 Å². The second-order valence-electron chi connectivity index (χ2n) is 4.10. The fraction of sp³-hybridized carbons (Fsp3) is 1.00. The molecule has 1 N–H and O–H groups in total. The molecule has 1 aliphatic carbocycles. The van der Waals surface area contributed by atoms with Crippen LogP contribution in [0.1, 0.15) is 25.7 Å². The summed E-state index contributed by atoms with van der Waals surface area (Å²) in [6.07, 6.45) is -8.20. The number of rotatable bonds is 2. The molecular weight excluding hydrogens is 236 g/mol. The molecule has 0 aromatic rings. The van der Waals surface area contributed by atoms with E-state index in [2.05, 4.69) is 5.32 Å². The maximum Gasteiger partial charge on any atom is 0.401 e. The van der Waals surface area contributed by atoms with Gasteiger partial charge in [0, 0.05) is 6.04 Å².